The molecule has 0 bridgehead atoms. The number of carbonyl (C=O) groups excluding carboxylic acids is 1. The number of carbonyl (C=O) groups is 1. The first-order chi connectivity index (χ1) is 7.90. The summed E-state index contributed by atoms with van der Waals surface area (Å²) in [6.45, 7) is 3.27. The van der Waals surface area contributed by atoms with Crippen molar-refractivity contribution in [3.63, 3.8) is 0 Å². The van der Waals surface area contributed by atoms with E-state index in [1.54, 1.807) is 13.8 Å². The number of hydrogen-bond donors (Lipinski definition) is 1. The van der Waals surface area contributed by atoms with Crippen molar-refractivity contribution < 1.29 is 9.72 Å². The van der Waals surface area contributed by atoms with Crippen LogP contribution in [0.4, 0.5) is 5.69 Å². The molecule has 7 heteroatoms. The molecule has 0 aliphatic rings. The summed E-state index contributed by atoms with van der Waals surface area (Å²) in [6.07, 6.45) is 0.303. The van der Waals surface area contributed by atoms with Crippen LogP contribution in [0.2, 0.25) is 0 Å². The Balaban J connectivity index is 3.51. The van der Waals surface area contributed by atoms with E-state index >= 15 is 0 Å². The maximum absolute atomic E-state index is 11.8. The Labute approximate surface area is 97.0 Å². The van der Waals surface area contributed by atoms with Gasteiger partial charge in [0.15, 0.2) is 0 Å². The van der Waals surface area contributed by atoms with Crippen molar-refractivity contribution in [3.05, 3.63) is 38.3 Å². The molecule has 1 aromatic rings. The van der Waals surface area contributed by atoms with Gasteiger partial charge < -0.3 is 5.73 Å². The highest BCUT2D eigenvalue weighted by Gasteiger charge is 2.23. The van der Waals surface area contributed by atoms with Crippen LogP contribution in [-0.2, 0) is 4.79 Å². The lowest BCUT2D eigenvalue weighted by molar-refractivity contribution is -0.386. The van der Waals surface area contributed by atoms with Gasteiger partial charge in [-0.15, -0.1) is 0 Å². The molecule has 2 N–H and O–H groups in total. The quantitative estimate of drug-likeness (QED) is 0.609. The molecule has 7 nitrogen and oxygen atoms in total. The lowest BCUT2D eigenvalue weighted by atomic mass is 10.2. The highest BCUT2D eigenvalue weighted by molar-refractivity contribution is 5.78. The molecular formula is C10H13N3O4. The number of amides is 1. The van der Waals surface area contributed by atoms with Gasteiger partial charge in [0.2, 0.25) is 5.91 Å². The van der Waals surface area contributed by atoms with E-state index in [-0.39, 0.29) is 0 Å². The molecule has 0 aromatic carbocycles. The van der Waals surface area contributed by atoms with Crippen LogP contribution in [0.3, 0.4) is 0 Å². The van der Waals surface area contributed by atoms with Crippen molar-refractivity contribution in [1.82, 2.24) is 4.57 Å². The van der Waals surface area contributed by atoms with Gasteiger partial charge in [0.25, 0.3) is 0 Å². The Morgan fingerprint density at radius 3 is 2.59 bits per heavy atom. The van der Waals surface area contributed by atoms with E-state index in [9.17, 15) is 19.7 Å². The van der Waals surface area contributed by atoms with Crippen LogP contribution >= 0.6 is 0 Å². The van der Waals surface area contributed by atoms with E-state index in [1.807, 2.05) is 0 Å². The highest BCUT2D eigenvalue weighted by Crippen LogP contribution is 2.14. The summed E-state index contributed by atoms with van der Waals surface area (Å²) in [4.78, 5) is 32.9. The van der Waals surface area contributed by atoms with Crippen LogP contribution in [-0.4, -0.2) is 15.4 Å². The number of pyridine rings is 1. The number of nitrogens with two attached hydrogens (primary N) is 1. The molecule has 1 atom stereocenters. The zero-order valence-corrected chi connectivity index (χ0v) is 9.54. The van der Waals surface area contributed by atoms with E-state index < -0.39 is 28.1 Å². The second-order valence-electron chi connectivity index (χ2n) is 3.62. The number of rotatable bonds is 4. The molecule has 1 rings (SSSR count). The summed E-state index contributed by atoms with van der Waals surface area (Å²) >= 11 is 0. The Bertz CT molecular complexity index is 521. The van der Waals surface area contributed by atoms with Gasteiger partial charge in [-0.2, -0.15) is 0 Å². The SMILES string of the molecule is CCC(C(N)=O)n1c(C)ccc([N+](=O)[O-])c1=O. The van der Waals surface area contributed by atoms with Gasteiger partial charge in [-0.25, -0.2) is 0 Å². The van der Waals surface area contributed by atoms with Crippen molar-refractivity contribution in [3.8, 4) is 0 Å². The molecule has 1 heterocycles. The van der Waals surface area contributed by atoms with E-state index in [2.05, 4.69) is 0 Å². The molecule has 0 fully saturated rings. The Morgan fingerprint density at radius 2 is 2.18 bits per heavy atom. The van der Waals surface area contributed by atoms with Crippen molar-refractivity contribution in [2.24, 2.45) is 5.73 Å². The number of nitro groups is 1. The monoisotopic (exact) mass is 239 g/mol. The third-order valence-corrected chi connectivity index (χ3v) is 2.52. The topological polar surface area (TPSA) is 108 Å². The number of hydrogen-bond acceptors (Lipinski definition) is 4. The first-order valence-corrected chi connectivity index (χ1v) is 5.06. The molecule has 0 radical (unpaired) electrons. The van der Waals surface area contributed by atoms with Gasteiger partial charge in [0.1, 0.15) is 6.04 Å². The number of primary amides is 1. The number of aromatic nitrogens is 1. The fraction of sp³-hybridized carbons (Fsp3) is 0.400. The van der Waals surface area contributed by atoms with Gasteiger partial charge in [0.05, 0.1) is 4.92 Å². The second-order valence-corrected chi connectivity index (χ2v) is 3.62. The van der Waals surface area contributed by atoms with Crippen LogP contribution in [0.5, 0.6) is 0 Å². The summed E-state index contributed by atoms with van der Waals surface area (Å²) in [5.41, 5.74) is 4.27. The lowest BCUT2D eigenvalue weighted by Crippen LogP contribution is -2.35. The standard InChI is InChI=1S/C10H13N3O4/c1-3-7(9(11)14)12-6(2)4-5-8(10(12)15)13(16)17/h4-5,7H,3H2,1-2H3,(H2,11,14). The zero-order chi connectivity index (χ0) is 13.2. The first-order valence-electron chi connectivity index (χ1n) is 5.06. The van der Waals surface area contributed by atoms with E-state index in [1.165, 1.54) is 6.07 Å². The zero-order valence-electron chi connectivity index (χ0n) is 9.54. The molecule has 0 aliphatic heterocycles. The van der Waals surface area contributed by atoms with Crippen LogP contribution in [0.15, 0.2) is 16.9 Å². The predicted octanol–water partition coefficient (Wildman–Crippen LogP) is 0.501. The lowest BCUT2D eigenvalue weighted by Gasteiger charge is -2.16. The van der Waals surface area contributed by atoms with Crippen LogP contribution in [0, 0.1) is 17.0 Å². The van der Waals surface area contributed by atoms with E-state index in [0.29, 0.717) is 12.1 Å². The molecule has 92 valence electrons. The van der Waals surface area contributed by atoms with Crippen molar-refractivity contribution >= 4 is 11.6 Å². The summed E-state index contributed by atoms with van der Waals surface area (Å²) in [7, 11) is 0. The molecule has 0 saturated carbocycles. The van der Waals surface area contributed by atoms with Crippen LogP contribution < -0.4 is 11.3 Å². The third kappa shape index (κ3) is 2.32. The second kappa shape index (κ2) is 4.77. The van der Waals surface area contributed by atoms with Gasteiger partial charge >= 0.3 is 11.2 Å². The van der Waals surface area contributed by atoms with Gasteiger partial charge in [-0.3, -0.25) is 24.3 Å². The van der Waals surface area contributed by atoms with Crippen molar-refractivity contribution in [1.29, 1.82) is 0 Å². The largest absolute Gasteiger partial charge is 0.368 e. The molecule has 0 spiro atoms. The summed E-state index contributed by atoms with van der Waals surface area (Å²) in [5, 5.41) is 10.6. The molecule has 1 unspecified atom stereocenters. The third-order valence-electron chi connectivity index (χ3n) is 2.52. The minimum atomic E-state index is -0.859. The maximum Gasteiger partial charge on any atom is 0.334 e. The average molecular weight is 239 g/mol. The van der Waals surface area contributed by atoms with Crippen LogP contribution in [0.25, 0.3) is 0 Å². The molecule has 1 amide bonds. The molecule has 1 aromatic heterocycles. The maximum atomic E-state index is 11.8. The van der Waals surface area contributed by atoms with Gasteiger partial charge in [-0.05, 0) is 19.4 Å². The highest BCUT2D eigenvalue weighted by atomic mass is 16.6. The van der Waals surface area contributed by atoms with E-state index in [4.69, 9.17) is 5.73 Å². The smallest absolute Gasteiger partial charge is 0.334 e. The molecule has 0 aliphatic carbocycles. The fourth-order valence-electron chi connectivity index (χ4n) is 1.67. The van der Waals surface area contributed by atoms with Gasteiger partial charge in [0, 0.05) is 11.8 Å². The Morgan fingerprint density at radius 1 is 1.59 bits per heavy atom. The first kappa shape index (κ1) is 12.9. The minimum absolute atomic E-state index is 0.303. The average Bonchev–Trinajstić information content (AvgIpc) is 2.22. The van der Waals surface area contributed by atoms with Crippen molar-refractivity contribution in [2.75, 3.05) is 0 Å². The summed E-state index contributed by atoms with van der Waals surface area (Å²) in [6, 6.07) is 1.69. The summed E-state index contributed by atoms with van der Waals surface area (Å²) in [5.74, 6) is -0.682. The van der Waals surface area contributed by atoms with Gasteiger partial charge in [-0.1, -0.05) is 6.92 Å². The Kier molecular flexibility index (Phi) is 3.62. The number of nitrogens with zero attached hydrogens (tertiary/aromatic N) is 2. The fourth-order valence-corrected chi connectivity index (χ4v) is 1.67. The predicted molar refractivity (Wildman–Crippen MR) is 60.6 cm³/mol. The minimum Gasteiger partial charge on any atom is -0.368 e. The molecule has 0 saturated heterocycles. The number of aryl methyl sites for hydroxylation is 1. The molecular weight excluding hydrogens is 226 g/mol. The Hall–Kier alpha value is -2.18. The van der Waals surface area contributed by atoms with E-state index in [0.717, 1.165) is 10.6 Å². The van der Waals surface area contributed by atoms with Crippen LogP contribution in [0.1, 0.15) is 25.1 Å². The van der Waals surface area contributed by atoms with Crippen molar-refractivity contribution in [2.45, 2.75) is 26.3 Å². The molecule has 17 heavy (non-hydrogen) atoms. The summed E-state index contributed by atoms with van der Waals surface area (Å²) < 4.78 is 1.07. The normalized spacial score (nSPS) is 12.1.